The lowest BCUT2D eigenvalue weighted by molar-refractivity contribution is 0.241. The number of benzene rings is 1. The highest BCUT2D eigenvalue weighted by molar-refractivity contribution is 9.10. The first-order valence-corrected chi connectivity index (χ1v) is 7.46. The van der Waals surface area contributed by atoms with E-state index in [1.165, 1.54) is 0 Å². The molecule has 0 fully saturated rings. The van der Waals surface area contributed by atoms with Gasteiger partial charge in [0.2, 0.25) is 0 Å². The summed E-state index contributed by atoms with van der Waals surface area (Å²) < 4.78 is 6.57. The Morgan fingerprint density at radius 3 is 2.70 bits per heavy atom. The number of aromatic nitrogens is 1. The smallest absolute Gasteiger partial charge is 0.138 e. The van der Waals surface area contributed by atoms with Gasteiger partial charge in [0.25, 0.3) is 0 Å². The quantitative estimate of drug-likeness (QED) is 0.888. The molecule has 1 aromatic carbocycles. The lowest BCUT2D eigenvalue weighted by Crippen LogP contribution is -2.13. The summed E-state index contributed by atoms with van der Waals surface area (Å²) in [6.07, 6.45) is 3.51. The molecule has 0 aliphatic carbocycles. The van der Waals surface area contributed by atoms with E-state index in [0.29, 0.717) is 10.8 Å². The molecular weight excluding hydrogens is 340 g/mol. The minimum Gasteiger partial charge on any atom is -0.489 e. The Labute approximate surface area is 132 Å². The summed E-state index contributed by atoms with van der Waals surface area (Å²) in [4.78, 5) is 4.18. The van der Waals surface area contributed by atoms with Gasteiger partial charge in [0.1, 0.15) is 5.75 Å². The van der Waals surface area contributed by atoms with Crippen molar-refractivity contribution < 1.29 is 4.74 Å². The third-order valence-corrected chi connectivity index (χ3v) is 3.60. The number of nitrogens with two attached hydrogens (primary N) is 1. The monoisotopic (exact) mass is 354 g/mol. The van der Waals surface area contributed by atoms with Crippen LogP contribution in [0, 0.1) is 0 Å². The molecule has 20 heavy (non-hydrogen) atoms. The van der Waals surface area contributed by atoms with Crippen LogP contribution < -0.4 is 10.5 Å². The molecule has 0 saturated carbocycles. The summed E-state index contributed by atoms with van der Waals surface area (Å²) in [5, 5.41) is 0.635. The first-order valence-electron chi connectivity index (χ1n) is 6.29. The van der Waals surface area contributed by atoms with Crippen molar-refractivity contribution in [1.29, 1.82) is 0 Å². The standard InChI is InChI=1S/C15H16BrClN2O/c1-9(2)20-12-5-10(7-19-8-12)15(18)13-6-11(16)3-4-14(13)17/h3-9,15H,18H2,1-2H3. The molecule has 2 rings (SSSR count). The largest absolute Gasteiger partial charge is 0.489 e. The summed E-state index contributed by atoms with van der Waals surface area (Å²) in [6, 6.07) is 7.18. The molecule has 0 spiro atoms. The van der Waals surface area contributed by atoms with Crippen LogP contribution in [0.15, 0.2) is 41.1 Å². The number of pyridine rings is 1. The highest BCUT2D eigenvalue weighted by atomic mass is 79.9. The van der Waals surface area contributed by atoms with Crippen LogP contribution in [0.2, 0.25) is 5.02 Å². The summed E-state index contributed by atoms with van der Waals surface area (Å²) in [5.41, 5.74) is 8.00. The Hall–Kier alpha value is -1.10. The molecule has 1 heterocycles. The van der Waals surface area contributed by atoms with E-state index in [-0.39, 0.29) is 12.1 Å². The van der Waals surface area contributed by atoms with Gasteiger partial charge >= 0.3 is 0 Å². The van der Waals surface area contributed by atoms with E-state index in [4.69, 9.17) is 22.1 Å². The van der Waals surface area contributed by atoms with Gasteiger partial charge in [-0.05, 0) is 49.2 Å². The van der Waals surface area contributed by atoms with E-state index in [1.807, 2.05) is 38.1 Å². The molecule has 2 N–H and O–H groups in total. The minimum absolute atomic E-state index is 0.0951. The van der Waals surface area contributed by atoms with Gasteiger partial charge in [-0.3, -0.25) is 4.98 Å². The molecule has 2 aromatic rings. The maximum atomic E-state index is 6.28. The van der Waals surface area contributed by atoms with Gasteiger partial charge in [0.05, 0.1) is 18.3 Å². The van der Waals surface area contributed by atoms with Crippen molar-refractivity contribution in [2.75, 3.05) is 0 Å². The second-order valence-electron chi connectivity index (χ2n) is 4.76. The second-order valence-corrected chi connectivity index (χ2v) is 6.09. The number of halogens is 2. The third-order valence-electron chi connectivity index (χ3n) is 2.76. The molecule has 0 aliphatic heterocycles. The molecule has 1 aromatic heterocycles. The summed E-state index contributed by atoms with van der Waals surface area (Å²) >= 11 is 9.64. The fourth-order valence-corrected chi connectivity index (χ4v) is 2.49. The van der Waals surface area contributed by atoms with Crippen molar-refractivity contribution in [2.45, 2.75) is 26.0 Å². The van der Waals surface area contributed by atoms with E-state index >= 15 is 0 Å². The third kappa shape index (κ3) is 3.72. The summed E-state index contributed by atoms with van der Waals surface area (Å²) in [5.74, 6) is 0.707. The van der Waals surface area contributed by atoms with E-state index < -0.39 is 0 Å². The molecule has 0 amide bonds. The fraction of sp³-hybridized carbons (Fsp3) is 0.267. The maximum absolute atomic E-state index is 6.28. The SMILES string of the molecule is CC(C)Oc1cncc(C(N)c2cc(Br)ccc2Cl)c1. The summed E-state index contributed by atoms with van der Waals surface area (Å²) in [6.45, 7) is 3.94. The van der Waals surface area contributed by atoms with Gasteiger partial charge in [0, 0.05) is 15.7 Å². The highest BCUT2D eigenvalue weighted by Gasteiger charge is 2.14. The number of nitrogens with zero attached hydrogens (tertiary/aromatic N) is 1. The van der Waals surface area contributed by atoms with Crippen molar-refractivity contribution in [3.8, 4) is 5.75 Å². The lowest BCUT2D eigenvalue weighted by atomic mass is 10.0. The molecular formula is C15H16BrClN2O. The molecule has 1 atom stereocenters. The second kappa shape index (κ2) is 6.57. The van der Waals surface area contributed by atoms with Crippen LogP contribution in [0.25, 0.3) is 0 Å². The maximum Gasteiger partial charge on any atom is 0.138 e. The van der Waals surface area contributed by atoms with Crippen LogP contribution in [0.3, 0.4) is 0 Å². The molecule has 106 valence electrons. The van der Waals surface area contributed by atoms with Crippen molar-refractivity contribution in [3.63, 3.8) is 0 Å². The first kappa shape index (κ1) is 15.3. The summed E-state index contributed by atoms with van der Waals surface area (Å²) in [7, 11) is 0. The normalized spacial score (nSPS) is 12.5. The first-order chi connectivity index (χ1) is 9.47. The fourth-order valence-electron chi connectivity index (χ4n) is 1.87. The Morgan fingerprint density at radius 1 is 1.25 bits per heavy atom. The predicted molar refractivity (Wildman–Crippen MR) is 85.2 cm³/mol. The van der Waals surface area contributed by atoms with Crippen LogP contribution in [0.4, 0.5) is 0 Å². The van der Waals surface area contributed by atoms with Crippen LogP contribution in [-0.4, -0.2) is 11.1 Å². The number of hydrogen-bond acceptors (Lipinski definition) is 3. The zero-order valence-electron chi connectivity index (χ0n) is 11.3. The molecule has 1 unspecified atom stereocenters. The van der Waals surface area contributed by atoms with Gasteiger partial charge < -0.3 is 10.5 Å². The van der Waals surface area contributed by atoms with E-state index in [0.717, 1.165) is 15.6 Å². The van der Waals surface area contributed by atoms with Gasteiger partial charge in [-0.25, -0.2) is 0 Å². The topological polar surface area (TPSA) is 48.1 Å². The van der Waals surface area contributed by atoms with Gasteiger partial charge in [-0.1, -0.05) is 27.5 Å². The van der Waals surface area contributed by atoms with Gasteiger partial charge in [0.15, 0.2) is 0 Å². The van der Waals surface area contributed by atoms with Crippen LogP contribution >= 0.6 is 27.5 Å². The average molecular weight is 356 g/mol. The molecule has 5 heteroatoms. The Balaban J connectivity index is 2.33. The van der Waals surface area contributed by atoms with Crippen molar-refractivity contribution in [2.24, 2.45) is 5.73 Å². The van der Waals surface area contributed by atoms with Crippen molar-refractivity contribution in [3.05, 3.63) is 57.3 Å². The van der Waals surface area contributed by atoms with Gasteiger partial charge in [-0.2, -0.15) is 0 Å². The molecule has 0 radical (unpaired) electrons. The zero-order valence-corrected chi connectivity index (χ0v) is 13.6. The average Bonchev–Trinajstić information content (AvgIpc) is 2.40. The number of rotatable bonds is 4. The molecule has 3 nitrogen and oxygen atoms in total. The van der Waals surface area contributed by atoms with Crippen LogP contribution in [0.5, 0.6) is 5.75 Å². The van der Waals surface area contributed by atoms with Crippen LogP contribution in [0.1, 0.15) is 31.0 Å². The molecule has 0 saturated heterocycles. The van der Waals surface area contributed by atoms with E-state index in [9.17, 15) is 0 Å². The highest BCUT2D eigenvalue weighted by Crippen LogP contribution is 2.30. The van der Waals surface area contributed by atoms with Gasteiger partial charge in [-0.15, -0.1) is 0 Å². The Bertz CT molecular complexity index is 604. The zero-order chi connectivity index (χ0) is 14.7. The molecule has 0 aliphatic rings. The van der Waals surface area contributed by atoms with E-state index in [1.54, 1.807) is 12.4 Å². The minimum atomic E-state index is -0.344. The lowest BCUT2D eigenvalue weighted by Gasteiger charge is -2.16. The Morgan fingerprint density at radius 2 is 2.00 bits per heavy atom. The molecule has 0 bridgehead atoms. The van der Waals surface area contributed by atoms with E-state index in [2.05, 4.69) is 20.9 Å². The van der Waals surface area contributed by atoms with Crippen molar-refractivity contribution >= 4 is 27.5 Å². The Kier molecular flexibility index (Phi) is 5.02. The van der Waals surface area contributed by atoms with Crippen LogP contribution in [-0.2, 0) is 0 Å². The number of ether oxygens (including phenoxy) is 1. The number of hydrogen-bond donors (Lipinski definition) is 1. The predicted octanol–water partition coefficient (Wildman–Crippen LogP) is 4.33. The van der Waals surface area contributed by atoms with Crippen molar-refractivity contribution in [1.82, 2.24) is 4.98 Å².